The number of halogens is 1. The monoisotopic (exact) mass is 417 g/mol. The summed E-state index contributed by atoms with van der Waals surface area (Å²) in [5, 5.41) is 0. The summed E-state index contributed by atoms with van der Waals surface area (Å²) in [6, 6.07) is 13.0. The molecule has 0 aromatic heterocycles. The Morgan fingerprint density at radius 2 is 1.69 bits per heavy atom. The van der Waals surface area contributed by atoms with Crippen molar-refractivity contribution >= 4 is 21.5 Å². The van der Waals surface area contributed by atoms with Crippen LogP contribution >= 0.6 is 0 Å². The maximum Gasteiger partial charge on any atom is 0.244 e. The fourth-order valence-corrected chi connectivity index (χ4v) is 5.61. The zero-order valence-electron chi connectivity index (χ0n) is 16.1. The van der Waals surface area contributed by atoms with Gasteiger partial charge in [0.05, 0.1) is 11.4 Å². The van der Waals surface area contributed by atoms with Gasteiger partial charge in [0, 0.05) is 44.0 Å². The van der Waals surface area contributed by atoms with E-state index in [0.717, 1.165) is 38.4 Å². The molecule has 8 heteroatoms. The summed E-state index contributed by atoms with van der Waals surface area (Å²) in [4.78, 5) is 16.8. The van der Waals surface area contributed by atoms with E-state index < -0.39 is 10.0 Å². The van der Waals surface area contributed by atoms with Crippen LogP contribution in [0, 0.1) is 5.82 Å². The molecule has 0 N–H and O–H groups in total. The number of rotatable bonds is 5. The van der Waals surface area contributed by atoms with E-state index in [1.165, 1.54) is 16.4 Å². The van der Waals surface area contributed by atoms with Gasteiger partial charge in [-0.15, -0.1) is 0 Å². The summed E-state index contributed by atoms with van der Waals surface area (Å²) >= 11 is 0. The van der Waals surface area contributed by atoms with Gasteiger partial charge in [-0.2, -0.15) is 4.31 Å². The smallest absolute Gasteiger partial charge is 0.244 e. The highest BCUT2D eigenvalue weighted by Gasteiger charge is 2.35. The van der Waals surface area contributed by atoms with Crippen molar-refractivity contribution in [2.24, 2.45) is 0 Å². The number of carbonyl (C=O) groups is 1. The molecule has 4 rings (SSSR count). The van der Waals surface area contributed by atoms with Gasteiger partial charge in [0.2, 0.25) is 10.0 Å². The molecule has 2 aromatic carbocycles. The number of sulfonamides is 1. The summed E-state index contributed by atoms with van der Waals surface area (Å²) in [6.07, 6.45) is 0.661. The van der Waals surface area contributed by atoms with Crippen molar-refractivity contribution in [2.45, 2.75) is 11.3 Å². The minimum absolute atomic E-state index is 0.0906. The third-order valence-electron chi connectivity index (χ3n) is 5.55. The third-order valence-corrected chi connectivity index (χ3v) is 7.46. The molecule has 0 radical (unpaired) electrons. The van der Waals surface area contributed by atoms with Crippen LogP contribution in [0.5, 0.6) is 0 Å². The first-order valence-corrected chi connectivity index (χ1v) is 11.2. The van der Waals surface area contributed by atoms with Crippen molar-refractivity contribution in [2.75, 3.05) is 50.7 Å². The average molecular weight is 418 g/mol. The van der Waals surface area contributed by atoms with Gasteiger partial charge in [-0.3, -0.25) is 9.69 Å². The van der Waals surface area contributed by atoms with Gasteiger partial charge in [-0.1, -0.05) is 18.2 Å². The number of nitrogens with zero attached hydrogens (tertiary/aromatic N) is 3. The Balaban J connectivity index is 1.30. The lowest BCUT2D eigenvalue weighted by Gasteiger charge is -2.36. The fraction of sp³-hybridized carbons (Fsp3) is 0.381. The van der Waals surface area contributed by atoms with Crippen molar-refractivity contribution in [1.29, 1.82) is 0 Å². The Morgan fingerprint density at radius 3 is 2.45 bits per heavy atom. The second-order valence-corrected chi connectivity index (χ2v) is 9.33. The number of Topliss-reactive ketones (excluding diaryl/α,β-unsaturated/α-hetero) is 1. The number of carbonyl (C=O) groups excluding carboxylic acids is 1. The Morgan fingerprint density at radius 1 is 0.931 bits per heavy atom. The lowest BCUT2D eigenvalue weighted by atomic mass is 10.1. The molecular weight excluding hydrogens is 393 g/mol. The van der Waals surface area contributed by atoms with Crippen LogP contribution in [0.25, 0.3) is 0 Å². The zero-order valence-corrected chi connectivity index (χ0v) is 16.9. The summed E-state index contributed by atoms with van der Waals surface area (Å²) in [5.74, 6) is -0.386. The van der Waals surface area contributed by atoms with Crippen LogP contribution in [0.1, 0.15) is 16.8 Å². The van der Waals surface area contributed by atoms with E-state index in [1.807, 2.05) is 6.07 Å². The molecular formula is C21H24FN3O3S. The normalized spacial score (nSPS) is 19.9. The lowest BCUT2D eigenvalue weighted by Crippen LogP contribution is -2.47. The highest BCUT2D eigenvalue weighted by atomic mass is 32.2. The van der Waals surface area contributed by atoms with Gasteiger partial charge in [-0.05, 0) is 43.3 Å². The molecule has 6 nitrogen and oxygen atoms in total. The summed E-state index contributed by atoms with van der Waals surface area (Å²) in [5.41, 5.74) is 1.18. The van der Waals surface area contributed by atoms with Crippen molar-refractivity contribution in [3.8, 4) is 0 Å². The molecule has 29 heavy (non-hydrogen) atoms. The first-order valence-electron chi connectivity index (χ1n) is 9.80. The van der Waals surface area contributed by atoms with Crippen molar-refractivity contribution in [3.63, 3.8) is 0 Å². The Bertz CT molecular complexity index is 1000. The molecule has 1 fully saturated rings. The molecule has 0 atom stereocenters. The van der Waals surface area contributed by atoms with Crippen LogP contribution in [0.3, 0.4) is 0 Å². The minimum Gasteiger partial charge on any atom is -0.369 e. The van der Waals surface area contributed by atoms with Crippen LogP contribution in [-0.2, 0) is 10.0 Å². The maximum atomic E-state index is 13.4. The summed E-state index contributed by atoms with van der Waals surface area (Å²) in [6.45, 7) is 4.28. The Hall–Kier alpha value is -2.29. The second-order valence-electron chi connectivity index (χ2n) is 7.42. The number of hydrogen-bond donors (Lipinski definition) is 0. The first kappa shape index (κ1) is 20.0. The predicted octanol–water partition coefficient (Wildman–Crippen LogP) is 2.22. The number of fused-ring (bicyclic) bond motifs is 1. The molecule has 0 saturated carbocycles. The van der Waals surface area contributed by atoms with E-state index in [9.17, 15) is 17.6 Å². The highest BCUT2D eigenvalue weighted by molar-refractivity contribution is 7.89. The molecule has 0 bridgehead atoms. The number of hydrogen-bond acceptors (Lipinski definition) is 5. The molecule has 0 unspecified atom stereocenters. The van der Waals surface area contributed by atoms with Gasteiger partial charge >= 0.3 is 0 Å². The van der Waals surface area contributed by atoms with Crippen molar-refractivity contribution < 1.29 is 17.6 Å². The third kappa shape index (κ3) is 4.19. The minimum atomic E-state index is -3.62. The van der Waals surface area contributed by atoms with E-state index in [0.29, 0.717) is 13.0 Å². The predicted molar refractivity (Wildman–Crippen MR) is 109 cm³/mol. The van der Waals surface area contributed by atoms with Gasteiger partial charge < -0.3 is 4.90 Å². The number of piperazine rings is 1. The first-order chi connectivity index (χ1) is 13.9. The van der Waals surface area contributed by atoms with E-state index >= 15 is 0 Å². The van der Waals surface area contributed by atoms with E-state index in [2.05, 4.69) is 9.80 Å². The Labute approximate surface area is 170 Å². The Kier molecular flexibility index (Phi) is 5.67. The summed E-state index contributed by atoms with van der Waals surface area (Å²) in [7, 11) is -3.62. The van der Waals surface area contributed by atoms with Gasteiger partial charge in [-0.25, -0.2) is 12.8 Å². The lowest BCUT2D eigenvalue weighted by molar-refractivity contribution is 0.0954. The standard InChI is InChI=1S/C21H24FN3O3S/c22-17-5-3-6-18(15-17)24-13-11-23(12-14-24)9-4-10-25-16-20(26)19-7-1-2-8-21(19)29(25,27)28/h1-3,5-8,15H,4,9-14,16H2. The van der Waals surface area contributed by atoms with Gasteiger partial charge in [0.25, 0.3) is 0 Å². The molecule has 0 spiro atoms. The zero-order chi connectivity index (χ0) is 20.4. The van der Waals surface area contributed by atoms with E-state index in [-0.39, 0.29) is 28.6 Å². The van der Waals surface area contributed by atoms with Gasteiger partial charge in [0.1, 0.15) is 5.82 Å². The molecule has 1 saturated heterocycles. The molecule has 0 amide bonds. The molecule has 154 valence electrons. The quantitative estimate of drug-likeness (QED) is 0.747. The maximum absolute atomic E-state index is 13.4. The van der Waals surface area contributed by atoms with Gasteiger partial charge in [0.15, 0.2) is 5.78 Å². The fourth-order valence-electron chi connectivity index (χ4n) is 3.96. The van der Waals surface area contributed by atoms with Crippen LogP contribution < -0.4 is 4.90 Å². The second kappa shape index (κ2) is 8.22. The molecule has 2 aliphatic rings. The summed E-state index contributed by atoms with van der Waals surface area (Å²) < 4.78 is 40.3. The van der Waals surface area contributed by atoms with Crippen LogP contribution in [-0.4, -0.2) is 69.2 Å². The van der Waals surface area contributed by atoms with Crippen molar-refractivity contribution in [3.05, 3.63) is 59.9 Å². The van der Waals surface area contributed by atoms with Crippen LogP contribution in [0.4, 0.5) is 10.1 Å². The topological polar surface area (TPSA) is 60.9 Å². The number of anilines is 1. The highest BCUT2D eigenvalue weighted by Crippen LogP contribution is 2.26. The van der Waals surface area contributed by atoms with Crippen LogP contribution in [0.15, 0.2) is 53.4 Å². The molecule has 2 aliphatic heterocycles. The molecule has 2 aromatic rings. The number of benzene rings is 2. The average Bonchev–Trinajstić information content (AvgIpc) is 2.72. The molecule has 0 aliphatic carbocycles. The SMILES string of the molecule is O=C1CN(CCCN2CCN(c3cccc(F)c3)CC2)S(=O)(=O)c2ccccc21. The largest absolute Gasteiger partial charge is 0.369 e. The van der Waals surface area contributed by atoms with Crippen LogP contribution in [0.2, 0.25) is 0 Å². The van der Waals surface area contributed by atoms with Crippen molar-refractivity contribution in [1.82, 2.24) is 9.21 Å². The number of ketones is 1. The van der Waals surface area contributed by atoms with E-state index in [4.69, 9.17) is 0 Å². The van der Waals surface area contributed by atoms with E-state index in [1.54, 1.807) is 30.3 Å². The molecule has 2 heterocycles.